The summed E-state index contributed by atoms with van der Waals surface area (Å²) in [5.41, 5.74) is 0.250. The summed E-state index contributed by atoms with van der Waals surface area (Å²) in [7, 11) is 0. The lowest BCUT2D eigenvalue weighted by molar-refractivity contribution is -0.0667. The molecule has 1 fully saturated rings. The number of aliphatic hydroxyl groups excluding tert-OH is 1. The molecule has 2 atom stereocenters. The number of phenols is 1. The molecule has 0 bridgehead atoms. The van der Waals surface area contributed by atoms with E-state index in [2.05, 4.69) is 15.9 Å². The Kier molecular flexibility index (Phi) is 4.44. The molecular formula is C13H16BrNO4. The number of amides is 1. The number of halogens is 1. The van der Waals surface area contributed by atoms with Gasteiger partial charge in [0.1, 0.15) is 5.75 Å². The molecule has 0 saturated carbocycles. The van der Waals surface area contributed by atoms with Crippen LogP contribution in [-0.4, -0.2) is 52.9 Å². The van der Waals surface area contributed by atoms with E-state index in [4.69, 9.17) is 9.84 Å². The molecule has 1 amide bonds. The van der Waals surface area contributed by atoms with Crippen molar-refractivity contribution in [2.75, 3.05) is 19.8 Å². The molecule has 0 aromatic heterocycles. The van der Waals surface area contributed by atoms with Crippen molar-refractivity contribution in [1.29, 1.82) is 0 Å². The molecule has 0 spiro atoms. The second-order valence-electron chi connectivity index (χ2n) is 4.61. The van der Waals surface area contributed by atoms with Crippen molar-refractivity contribution in [1.82, 2.24) is 4.90 Å². The lowest BCUT2D eigenvalue weighted by atomic mass is 10.1. The van der Waals surface area contributed by atoms with Gasteiger partial charge in [0.2, 0.25) is 0 Å². The van der Waals surface area contributed by atoms with Crippen molar-refractivity contribution in [2.45, 2.75) is 19.1 Å². The largest absolute Gasteiger partial charge is 0.507 e. The van der Waals surface area contributed by atoms with Crippen LogP contribution in [0, 0.1) is 0 Å². The zero-order valence-corrected chi connectivity index (χ0v) is 12.1. The molecule has 1 heterocycles. The van der Waals surface area contributed by atoms with Crippen molar-refractivity contribution < 1.29 is 19.7 Å². The third-order valence-corrected chi connectivity index (χ3v) is 3.65. The molecule has 1 aliphatic heterocycles. The van der Waals surface area contributed by atoms with Gasteiger partial charge in [-0.05, 0) is 25.1 Å². The van der Waals surface area contributed by atoms with Gasteiger partial charge in [-0.2, -0.15) is 0 Å². The number of aromatic hydroxyl groups is 1. The molecule has 1 aliphatic rings. The summed E-state index contributed by atoms with van der Waals surface area (Å²) in [5, 5.41) is 18.9. The molecule has 0 radical (unpaired) electrons. The third-order valence-electron chi connectivity index (χ3n) is 3.16. The molecule has 1 saturated heterocycles. The molecule has 1 aromatic carbocycles. The average Bonchev–Trinajstić information content (AvgIpc) is 2.41. The van der Waals surface area contributed by atoms with Crippen molar-refractivity contribution in [3.05, 3.63) is 28.2 Å². The Morgan fingerprint density at radius 2 is 2.32 bits per heavy atom. The Hall–Kier alpha value is -1.11. The number of carbonyl (C=O) groups excluding carboxylic acids is 1. The van der Waals surface area contributed by atoms with E-state index in [1.54, 1.807) is 17.0 Å². The van der Waals surface area contributed by atoms with Crippen LogP contribution in [0.4, 0.5) is 0 Å². The van der Waals surface area contributed by atoms with Gasteiger partial charge in [0.25, 0.3) is 5.91 Å². The summed E-state index contributed by atoms with van der Waals surface area (Å²) in [6.07, 6.45) is -0.366. The highest BCUT2D eigenvalue weighted by Crippen LogP contribution is 2.25. The number of carbonyl (C=O) groups is 1. The van der Waals surface area contributed by atoms with E-state index >= 15 is 0 Å². The average molecular weight is 330 g/mol. The number of rotatable bonds is 2. The summed E-state index contributed by atoms with van der Waals surface area (Å²) < 4.78 is 6.12. The molecular weight excluding hydrogens is 314 g/mol. The SMILES string of the molecule is CC1COC(CO)CN1C(=O)c1cc(Br)ccc1O. The number of hydrogen-bond donors (Lipinski definition) is 2. The Balaban J connectivity index is 2.24. The van der Waals surface area contributed by atoms with Crippen molar-refractivity contribution in [3.63, 3.8) is 0 Å². The zero-order valence-electron chi connectivity index (χ0n) is 10.5. The van der Waals surface area contributed by atoms with Gasteiger partial charge in [-0.15, -0.1) is 0 Å². The fourth-order valence-electron chi connectivity index (χ4n) is 2.05. The van der Waals surface area contributed by atoms with Gasteiger partial charge in [0.15, 0.2) is 0 Å². The smallest absolute Gasteiger partial charge is 0.258 e. The lowest BCUT2D eigenvalue weighted by Gasteiger charge is -2.37. The molecule has 1 aromatic rings. The number of nitrogens with zero attached hydrogens (tertiary/aromatic N) is 1. The molecule has 2 N–H and O–H groups in total. The van der Waals surface area contributed by atoms with E-state index in [0.29, 0.717) is 13.2 Å². The minimum atomic E-state index is -0.366. The maximum Gasteiger partial charge on any atom is 0.258 e. The maximum absolute atomic E-state index is 12.5. The molecule has 2 unspecified atom stereocenters. The summed E-state index contributed by atoms with van der Waals surface area (Å²) in [6, 6.07) is 4.65. The fourth-order valence-corrected chi connectivity index (χ4v) is 2.41. The second-order valence-corrected chi connectivity index (χ2v) is 5.52. The Bertz CT molecular complexity index is 480. The van der Waals surface area contributed by atoms with Crippen LogP contribution in [0.2, 0.25) is 0 Å². The monoisotopic (exact) mass is 329 g/mol. The molecule has 2 rings (SSSR count). The van der Waals surface area contributed by atoms with Crippen LogP contribution in [0.25, 0.3) is 0 Å². The fraction of sp³-hybridized carbons (Fsp3) is 0.462. The molecule has 0 aliphatic carbocycles. The first-order chi connectivity index (χ1) is 9.02. The van der Waals surface area contributed by atoms with Crippen LogP contribution in [0.3, 0.4) is 0 Å². The van der Waals surface area contributed by atoms with Crippen LogP contribution in [-0.2, 0) is 4.74 Å². The van der Waals surface area contributed by atoms with Crippen LogP contribution >= 0.6 is 15.9 Å². The van der Waals surface area contributed by atoms with E-state index in [1.165, 1.54) is 6.07 Å². The summed E-state index contributed by atoms with van der Waals surface area (Å²) in [4.78, 5) is 14.1. The highest BCUT2D eigenvalue weighted by atomic mass is 79.9. The van der Waals surface area contributed by atoms with Gasteiger partial charge < -0.3 is 19.8 Å². The summed E-state index contributed by atoms with van der Waals surface area (Å²) >= 11 is 3.28. The highest BCUT2D eigenvalue weighted by Gasteiger charge is 2.31. The Labute approximate surface area is 119 Å². The van der Waals surface area contributed by atoms with Crippen LogP contribution in [0.1, 0.15) is 17.3 Å². The zero-order chi connectivity index (χ0) is 14.0. The minimum Gasteiger partial charge on any atom is -0.507 e. The summed E-state index contributed by atoms with van der Waals surface area (Å²) in [5.74, 6) is -0.305. The van der Waals surface area contributed by atoms with Gasteiger partial charge in [-0.3, -0.25) is 4.79 Å². The first-order valence-electron chi connectivity index (χ1n) is 6.05. The van der Waals surface area contributed by atoms with Gasteiger partial charge in [-0.1, -0.05) is 15.9 Å². The van der Waals surface area contributed by atoms with Crippen molar-refractivity contribution in [2.24, 2.45) is 0 Å². The standard InChI is InChI=1S/C13H16BrNO4/c1-8-7-19-10(6-16)5-15(8)13(18)11-4-9(14)2-3-12(11)17/h2-4,8,10,16-17H,5-7H2,1H3. The van der Waals surface area contributed by atoms with E-state index in [9.17, 15) is 9.90 Å². The summed E-state index contributed by atoms with van der Waals surface area (Å²) in [6.45, 7) is 2.45. The topological polar surface area (TPSA) is 70.0 Å². The minimum absolute atomic E-state index is 0.0487. The van der Waals surface area contributed by atoms with Crippen LogP contribution in [0.5, 0.6) is 5.75 Å². The second kappa shape index (κ2) is 5.90. The number of ether oxygens (including phenoxy) is 1. The highest BCUT2D eigenvalue weighted by molar-refractivity contribution is 9.10. The number of morpholine rings is 1. The van der Waals surface area contributed by atoms with E-state index in [-0.39, 0.29) is 36.0 Å². The third kappa shape index (κ3) is 3.08. The van der Waals surface area contributed by atoms with E-state index in [0.717, 1.165) is 4.47 Å². The molecule has 6 heteroatoms. The van der Waals surface area contributed by atoms with Gasteiger partial charge in [0, 0.05) is 11.0 Å². The van der Waals surface area contributed by atoms with Gasteiger partial charge >= 0.3 is 0 Å². The number of benzene rings is 1. The van der Waals surface area contributed by atoms with Crippen LogP contribution in [0.15, 0.2) is 22.7 Å². The van der Waals surface area contributed by atoms with Crippen molar-refractivity contribution >= 4 is 21.8 Å². The normalized spacial score (nSPS) is 23.4. The van der Waals surface area contributed by atoms with E-state index < -0.39 is 0 Å². The van der Waals surface area contributed by atoms with Crippen LogP contribution < -0.4 is 0 Å². The lowest BCUT2D eigenvalue weighted by Crippen LogP contribution is -2.52. The number of aliphatic hydroxyl groups is 1. The predicted octanol–water partition coefficient (Wildman–Crippen LogP) is 1.38. The molecule has 104 valence electrons. The predicted molar refractivity (Wildman–Crippen MR) is 73.1 cm³/mol. The first-order valence-corrected chi connectivity index (χ1v) is 6.84. The molecule has 5 nitrogen and oxygen atoms in total. The van der Waals surface area contributed by atoms with Gasteiger partial charge in [0.05, 0.1) is 30.9 Å². The van der Waals surface area contributed by atoms with Crippen molar-refractivity contribution in [3.8, 4) is 5.75 Å². The number of hydrogen-bond acceptors (Lipinski definition) is 4. The molecule has 19 heavy (non-hydrogen) atoms. The van der Waals surface area contributed by atoms with E-state index in [1.807, 2.05) is 6.92 Å². The number of phenolic OH excluding ortho intramolecular Hbond substituents is 1. The maximum atomic E-state index is 12.5. The Morgan fingerprint density at radius 1 is 1.58 bits per heavy atom. The first kappa shape index (κ1) is 14.3. The quantitative estimate of drug-likeness (QED) is 0.859. The Morgan fingerprint density at radius 3 is 3.00 bits per heavy atom. The van der Waals surface area contributed by atoms with Gasteiger partial charge in [-0.25, -0.2) is 0 Å².